The highest BCUT2D eigenvalue weighted by molar-refractivity contribution is 8.00. The summed E-state index contributed by atoms with van der Waals surface area (Å²) in [4.78, 5) is 7.14. The van der Waals surface area contributed by atoms with Gasteiger partial charge in [0.2, 0.25) is 0 Å². The average Bonchev–Trinajstić information content (AvgIpc) is 2.79. The molecule has 0 aromatic carbocycles. The van der Waals surface area contributed by atoms with Crippen LogP contribution in [-0.2, 0) is 6.54 Å². The Hall–Kier alpha value is -1.17. The van der Waals surface area contributed by atoms with Gasteiger partial charge < -0.3 is 10.2 Å². The highest BCUT2D eigenvalue weighted by atomic mass is 32.2. The maximum absolute atomic E-state index is 4.77. The van der Waals surface area contributed by atoms with E-state index in [0.29, 0.717) is 11.3 Å². The Morgan fingerprint density at radius 1 is 1.60 bits per heavy atom. The van der Waals surface area contributed by atoms with Crippen LogP contribution in [0.4, 0.5) is 0 Å². The van der Waals surface area contributed by atoms with Crippen molar-refractivity contribution in [2.75, 3.05) is 25.4 Å². The van der Waals surface area contributed by atoms with Gasteiger partial charge in [-0.3, -0.25) is 5.10 Å². The van der Waals surface area contributed by atoms with E-state index in [9.17, 15) is 0 Å². The minimum atomic E-state index is 0.292. The Bertz CT molecular complexity index is 466. The zero-order valence-corrected chi connectivity index (χ0v) is 13.7. The third-order valence-electron chi connectivity index (χ3n) is 3.39. The molecule has 0 saturated carbocycles. The van der Waals surface area contributed by atoms with Crippen LogP contribution in [0.2, 0.25) is 0 Å². The van der Waals surface area contributed by atoms with E-state index in [1.54, 1.807) is 0 Å². The summed E-state index contributed by atoms with van der Waals surface area (Å²) in [7, 11) is 0. The molecule has 2 heterocycles. The van der Waals surface area contributed by atoms with Crippen molar-refractivity contribution in [2.24, 2.45) is 4.99 Å². The second-order valence-electron chi connectivity index (χ2n) is 5.72. The van der Waals surface area contributed by atoms with E-state index >= 15 is 0 Å². The summed E-state index contributed by atoms with van der Waals surface area (Å²) < 4.78 is 0.292. The fraction of sp³-hybridized carbons (Fsp3) is 0.714. The molecule has 0 amide bonds. The molecule has 0 atom stereocenters. The number of thioether (sulfide) groups is 1. The Balaban J connectivity index is 2.07. The Kier molecular flexibility index (Phi) is 4.96. The lowest BCUT2D eigenvalue weighted by Gasteiger charge is -2.39. The fourth-order valence-corrected chi connectivity index (χ4v) is 3.43. The standard InChI is InChI=1S/C14H25N5S/c1-5-15-13(16-8-12-9-17-18-11(12)2)19-6-7-20-14(3,4)10-19/h9H,5-8,10H2,1-4H3,(H,15,16)(H,17,18). The van der Waals surface area contributed by atoms with Crippen LogP contribution in [0.25, 0.3) is 0 Å². The molecule has 112 valence electrons. The lowest BCUT2D eigenvalue weighted by molar-refractivity contribution is 0.376. The maximum Gasteiger partial charge on any atom is 0.194 e. The molecule has 2 rings (SSSR count). The van der Waals surface area contributed by atoms with E-state index in [1.807, 2.05) is 24.9 Å². The van der Waals surface area contributed by atoms with Crippen LogP contribution in [0, 0.1) is 6.92 Å². The van der Waals surface area contributed by atoms with E-state index in [4.69, 9.17) is 4.99 Å². The van der Waals surface area contributed by atoms with E-state index < -0.39 is 0 Å². The van der Waals surface area contributed by atoms with Crippen molar-refractivity contribution in [3.05, 3.63) is 17.5 Å². The van der Waals surface area contributed by atoms with Gasteiger partial charge in [0.15, 0.2) is 5.96 Å². The average molecular weight is 295 g/mol. The third kappa shape index (κ3) is 3.91. The lowest BCUT2D eigenvalue weighted by Crippen LogP contribution is -2.50. The number of aliphatic imine (C=N–C) groups is 1. The molecule has 6 heteroatoms. The number of aromatic amines is 1. The molecular weight excluding hydrogens is 270 g/mol. The first-order chi connectivity index (χ1) is 9.52. The van der Waals surface area contributed by atoms with Crippen molar-refractivity contribution in [1.82, 2.24) is 20.4 Å². The van der Waals surface area contributed by atoms with Gasteiger partial charge in [-0.1, -0.05) is 0 Å². The number of guanidine groups is 1. The molecule has 20 heavy (non-hydrogen) atoms. The van der Waals surface area contributed by atoms with E-state index in [2.05, 4.69) is 41.2 Å². The lowest BCUT2D eigenvalue weighted by atomic mass is 10.2. The number of nitrogens with one attached hydrogen (secondary N) is 2. The molecule has 0 aliphatic carbocycles. The third-order valence-corrected chi connectivity index (χ3v) is 4.69. The maximum atomic E-state index is 4.77. The van der Waals surface area contributed by atoms with E-state index in [-0.39, 0.29) is 0 Å². The van der Waals surface area contributed by atoms with Gasteiger partial charge in [-0.15, -0.1) is 0 Å². The summed E-state index contributed by atoms with van der Waals surface area (Å²) in [6.45, 7) is 12.4. The molecule has 0 bridgehead atoms. The Labute approximate surface area is 125 Å². The van der Waals surface area contributed by atoms with Crippen molar-refractivity contribution in [3.63, 3.8) is 0 Å². The molecule has 1 saturated heterocycles. The zero-order chi connectivity index (χ0) is 14.6. The number of hydrogen-bond acceptors (Lipinski definition) is 3. The number of aryl methyl sites for hydroxylation is 1. The van der Waals surface area contributed by atoms with Crippen LogP contribution >= 0.6 is 11.8 Å². The molecule has 1 fully saturated rings. The molecule has 2 N–H and O–H groups in total. The highest BCUT2D eigenvalue weighted by Gasteiger charge is 2.28. The van der Waals surface area contributed by atoms with Crippen LogP contribution in [-0.4, -0.2) is 51.2 Å². The van der Waals surface area contributed by atoms with E-state index in [0.717, 1.165) is 42.6 Å². The number of nitrogens with zero attached hydrogens (tertiary/aromatic N) is 3. The van der Waals surface area contributed by atoms with Crippen molar-refractivity contribution in [1.29, 1.82) is 0 Å². The van der Waals surface area contributed by atoms with Crippen molar-refractivity contribution < 1.29 is 0 Å². The minimum absolute atomic E-state index is 0.292. The van der Waals surface area contributed by atoms with Gasteiger partial charge in [0.05, 0.1) is 12.7 Å². The second kappa shape index (κ2) is 6.52. The Morgan fingerprint density at radius 2 is 2.40 bits per heavy atom. The minimum Gasteiger partial charge on any atom is -0.357 e. The van der Waals surface area contributed by atoms with E-state index in [1.165, 1.54) is 0 Å². The Morgan fingerprint density at radius 3 is 3.00 bits per heavy atom. The molecule has 1 aromatic heterocycles. The van der Waals surface area contributed by atoms with Crippen LogP contribution in [0.3, 0.4) is 0 Å². The van der Waals surface area contributed by atoms with Crippen LogP contribution in [0.15, 0.2) is 11.2 Å². The summed E-state index contributed by atoms with van der Waals surface area (Å²) in [5.41, 5.74) is 2.25. The SMILES string of the molecule is CCNC(=NCc1cn[nH]c1C)N1CCSC(C)(C)C1. The van der Waals surface area contributed by atoms with Crippen molar-refractivity contribution in [2.45, 2.75) is 39.0 Å². The summed E-state index contributed by atoms with van der Waals surface area (Å²) in [5, 5.41) is 10.4. The summed E-state index contributed by atoms with van der Waals surface area (Å²) in [6, 6.07) is 0. The number of H-pyrrole nitrogens is 1. The van der Waals surface area contributed by atoms with Gasteiger partial charge in [0.25, 0.3) is 0 Å². The molecule has 0 spiro atoms. The molecule has 1 aliphatic rings. The zero-order valence-electron chi connectivity index (χ0n) is 12.9. The smallest absolute Gasteiger partial charge is 0.194 e. The quantitative estimate of drug-likeness (QED) is 0.661. The topological polar surface area (TPSA) is 56.3 Å². The van der Waals surface area contributed by atoms with Crippen LogP contribution < -0.4 is 5.32 Å². The molecule has 1 aliphatic heterocycles. The monoisotopic (exact) mass is 295 g/mol. The van der Waals surface area contributed by atoms with Crippen LogP contribution in [0.5, 0.6) is 0 Å². The molecular formula is C14H25N5S. The van der Waals surface area contributed by atoms with Gasteiger partial charge >= 0.3 is 0 Å². The molecule has 5 nitrogen and oxygen atoms in total. The van der Waals surface area contributed by atoms with Gasteiger partial charge in [-0.2, -0.15) is 16.9 Å². The predicted octanol–water partition coefficient (Wildman–Crippen LogP) is 2.01. The number of hydrogen-bond donors (Lipinski definition) is 2. The van der Waals surface area contributed by atoms with Gasteiger partial charge in [-0.05, 0) is 27.7 Å². The van der Waals surface area contributed by atoms with Gasteiger partial charge in [0.1, 0.15) is 0 Å². The second-order valence-corrected chi connectivity index (χ2v) is 7.52. The normalized spacial score (nSPS) is 19.2. The molecule has 1 aromatic rings. The van der Waals surface area contributed by atoms with Crippen molar-refractivity contribution >= 4 is 17.7 Å². The summed E-state index contributed by atoms with van der Waals surface area (Å²) >= 11 is 2.04. The predicted molar refractivity (Wildman–Crippen MR) is 86.3 cm³/mol. The fourth-order valence-electron chi connectivity index (χ4n) is 2.32. The van der Waals surface area contributed by atoms with Gasteiger partial charge in [0, 0.05) is 41.4 Å². The first kappa shape index (κ1) is 15.2. The van der Waals surface area contributed by atoms with Crippen LogP contribution in [0.1, 0.15) is 32.0 Å². The highest BCUT2D eigenvalue weighted by Crippen LogP contribution is 2.29. The summed E-state index contributed by atoms with van der Waals surface area (Å²) in [5.74, 6) is 2.17. The number of rotatable bonds is 3. The largest absolute Gasteiger partial charge is 0.357 e. The van der Waals surface area contributed by atoms with Crippen molar-refractivity contribution in [3.8, 4) is 0 Å². The first-order valence-corrected chi connectivity index (χ1v) is 8.16. The number of aromatic nitrogens is 2. The molecule has 0 unspecified atom stereocenters. The first-order valence-electron chi connectivity index (χ1n) is 7.18. The molecule has 0 radical (unpaired) electrons. The van der Waals surface area contributed by atoms with Gasteiger partial charge in [-0.25, -0.2) is 4.99 Å². The summed E-state index contributed by atoms with van der Waals surface area (Å²) in [6.07, 6.45) is 1.86.